The molecule has 1 aromatic heterocycles. The second kappa shape index (κ2) is 8.47. The van der Waals surface area contributed by atoms with Crippen molar-refractivity contribution in [2.24, 2.45) is 4.99 Å². The Kier molecular flexibility index (Phi) is 5.99. The third-order valence-electron chi connectivity index (χ3n) is 5.83. The van der Waals surface area contributed by atoms with E-state index < -0.39 is 0 Å². The smallest absolute Gasteiger partial charge is 0.170 e. The highest BCUT2D eigenvalue weighted by molar-refractivity contribution is 8.14. The molecule has 0 saturated carbocycles. The van der Waals surface area contributed by atoms with Gasteiger partial charge in [0.25, 0.3) is 0 Å². The van der Waals surface area contributed by atoms with E-state index in [1.807, 2.05) is 17.4 Å². The van der Waals surface area contributed by atoms with E-state index in [2.05, 4.69) is 41.5 Å². The maximum absolute atomic E-state index is 5.08. The van der Waals surface area contributed by atoms with Gasteiger partial charge in [0.05, 0.1) is 0 Å². The molecule has 3 heterocycles. The zero-order valence-corrected chi connectivity index (χ0v) is 18.5. The third-order valence-corrected chi connectivity index (χ3v) is 8.06. The Morgan fingerprint density at radius 1 is 1.21 bits per heavy atom. The van der Waals surface area contributed by atoms with E-state index in [0.717, 1.165) is 54.3 Å². The summed E-state index contributed by atoms with van der Waals surface area (Å²) < 4.78 is 0. The predicted molar refractivity (Wildman–Crippen MR) is 125 cm³/mol. The number of aliphatic imine (C=N–C) groups is 1. The van der Waals surface area contributed by atoms with Crippen molar-refractivity contribution >= 4 is 39.0 Å². The zero-order chi connectivity index (χ0) is 19.7. The molecule has 0 unspecified atom stereocenters. The molecular weight excluding hydrogens is 384 g/mol. The number of thiophene rings is 1. The van der Waals surface area contributed by atoms with Crippen molar-refractivity contribution in [2.45, 2.75) is 25.7 Å². The van der Waals surface area contributed by atoms with Gasteiger partial charge in [0.15, 0.2) is 5.17 Å². The summed E-state index contributed by atoms with van der Waals surface area (Å²) in [4.78, 5) is 13.6. The van der Waals surface area contributed by atoms with E-state index in [0.29, 0.717) is 0 Å². The summed E-state index contributed by atoms with van der Waals surface area (Å²) in [5.74, 6) is 0.865. The molecule has 1 saturated heterocycles. The number of thioether (sulfide) groups is 1. The lowest BCUT2D eigenvalue weighted by molar-refractivity contribution is 0.188. The quantitative estimate of drug-likeness (QED) is 0.658. The first kappa shape index (κ1) is 19.8. The topological polar surface area (TPSA) is 22.1 Å². The first-order chi connectivity index (χ1) is 13.6. The monoisotopic (exact) mass is 414 g/mol. The molecule has 0 amide bonds. The first-order valence-electron chi connectivity index (χ1n) is 10.1. The summed E-state index contributed by atoms with van der Waals surface area (Å²) in [6.45, 7) is 17.8. The third kappa shape index (κ3) is 3.82. The van der Waals surface area contributed by atoms with Crippen LogP contribution in [0.1, 0.15) is 28.8 Å². The van der Waals surface area contributed by atoms with E-state index in [4.69, 9.17) is 4.99 Å². The summed E-state index contributed by atoms with van der Waals surface area (Å²) >= 11 is 3.66. The maximum atomic E-state index is 5.08. The van der Waals surface area contributed by atoms with Gasteiger partial charge in [-0.25, -0.2) is 4.99 Å². The highest BCUT2D eigenvalue weighted by Gasteiger charge is 2.30. The van der Waals surface area contributed by atoms with Crippen molar-refractivity contribution in [3.8, 4) is 0 Å². The van der Waals surface area contributed by atoms with Crippen molar-refractivity contribution in [3.63, 3.8) is 0 Å². The highest BCUT2D eigenvalue weighted by Crippen LogP contribution is 2.47. The van der Waals surface area contributed by atoms with E-state index in [1.165, 1.54) is 47.4 Å². The number of hydrogen-bond acceptors (Lipinski definition) is 6. The number of rotatable bonds is 5. The van der Waals surface area contributed by atoms with Gasteiger partial charge in [-0.2, -0.15) is 0 Å². The van der Waals surface area contributed by atoms with Gasteiger partial charge >= 0.3 is 0 Å². The van der Waals surface area contributed by atoms with Crippen LogP contribution in [-0.2, 0) is 12.8 Å². The van der Waals surface area contributed by atoms with Crippen LogP contribution in [0.5, 0.6) is 0 Å². The Hall–Kier alpha value is -1.50. The summed E-state index contributed by atoms with van der Waals surface area (Å²) in [7, 11) is 2.18. The van der Waals surface area contributed by atoms with Gasteiger partial charge < -0.3 is 14.7 Å². The van der Waals surface area contributed by atoms with Crippen LogP contribution in [0.4, 0.5) is 5.00 Å². The normalized spacial score (nSPS) is 19.9. The van der Waals surface area contributed by atoms with Crippen LogP contribution in [0.3, 0.4) is 0 Å². The van der Waals surface area contributed by atoms with Crippen molar-refractivity contribution in [3.05, 3.63) is 47.5 Å². The van der Waals surface area contributed by atoms with Crippen molar-refractivity contribution < 1.29 is 0 Å². The van der Waals surface area contributed by atoms with Gasteiger partial charge in [-0.15, -0.1) is 17.9 Å². The maximum Gasteiger partial charge on any atom is 0.170 e. The number of likely N-dealkylation sites (N-methyl/N-ethyl adjacent to an activating group) is 1. The average molecular weight is 415 g/mol. The van der Waals surface area contributed by atoms with Gasteiger partial charge in [-0.05, 0) is 38.3 Å². The van der Waals surface area contributed by atoms with Crippen molar-refractivity contribution in [2.75, 3.05) is 45.5 Å². The Labute approximate surface area is 177 Å². The van der Waals surface area contributed by atoms with E-state index in [9.17, 15) is 0 Å². The van der Waals surface area contributed by atoms with Gasteiger partial charge in [0, 0.05) is 60.3 Å². The molecule has 4 rings (SSSR count). The average Bonchev–Trinajstić information content (AvgIpc) is 3.07. The largest absolute Gasteiger partial charge is 0.372 e. The fraction of sp³-hybridized carbons (Fsp3) is 0.500. The van der Waals surface area contributed by atoms with Crippen molar-refractivity contribution in [1.82, 2.24) is 14.7 Å². The lowest BCUT2D eigenvalue weighted by Crippen LogP contribution is -2.44. The Morgan fingerprint density at radius 3 is 2.71 bits per heavy atom. The minimum absolute atomic E-state index is 0.746. The first-order valence-corrected chi connectivity index (χ1v) is 11.9. The minimum atomic E-state index is 0.746. The number of amidine groups is 1. The fourth-order valence-corrected chi connectivity index (χ4v) is 6.43. The second-order valence-corrected chi connectivity index (χ2v) is 9.80. The molecule has 3 aliphatic rings. The SMILES string of the molecule is C=CCN1C(=C)c2c(sc3c2CCCC3)N=C1SCC(=C)N1CCN(C)CC1. The molecule has 1 aliphatic carbocycles. The van der Waals surface area contributed by atoms with Crippen LogP contribution in [0.2, 0.25) is 0 Å². The molecule has 0 radical (unpaired) electrons. The Morgan fingerprint density at radius 2 is 1.96 bits per heavy atom. The lowest BCUT2D eigenvalue weighted by Gasteiger charge is -2.36. The number of piperazine rings is 1. The van der Waals surface area contributed by atoms with Crippen LogP contribution in [-0.4, -0.2) is 65.4 Å². The van der Waals surface area contributed by atoms with Gasteiger partial charge in [0.1, 0.15) is 5.00 Å². The molecule has 28 heavy (non-hydrogen) atoms. The molecule has 2 aliphatic heterocycles. The summed E-state index contributed by atoms with van der Waals surface area (Å²) in [6, 6.07) is 0. The number of nitrogens with zero attached hydrogens (tertiary/aromatic N) is 4. The van der Waals surface area contributed by atoms with E-state index in [1.54, 1.807) is 11.8 Å². The lowest BCUT2D eigenvalue weighted by atomic mass is 9.94. The molecule has 0 aromatic carbocycles. The molecule has 0 N–H and O–H groups in total. The highest BCUT2D eigenvalue weighted by atomic mass is 32.2. The molecule has 6 heteroatoms. The number of aryl methyl sites for hydroxylation is 1. The minimum Gasteiger partial charge on any atom is -0.372 e. The van der Waals surface area contributed by atoms with Crippen LogP contribution in [0.25, 0.3) is 5.70 Å². The molecule has 150 valence electrons. The molecule has 0 bridgehead atoms. The molecule has 4 nitrogen and oxygen atoms in total. The van der Waals surface area contributed by atoms with Crippen molar-refractivity contribution in [1.29, 1.82) is 0 Å². The van der Waals surface area contributed by atoms with Gasteiger partial charge in [-0.1, -0.05) is 31.0 Å². The van der Waals surface area contributed by atoms with Crippen LogP contribution in [0, 0.1) is 0 Å². The van der Waals surface area contributed by atoms with E-state index in [-0.39, 0.29) is 0 Å². The van der Waals surface area contributed by atoms with Crippen LogP contribution >= 0.6 is 23.1 Å². The summed E-state index contributed by atoms with van der Waals surface area (Å²) in [5.41, 5.74) is 5.09. The van der Waals surface area contributed by atoms with E-state index >= 15 is 0 Å². The summed E-state index contributed by atoms with van der Waals surface area (Å²) in [5, 5.41) is 2.19. The molecule has 1 fully saturated rings. The van der Waals surface area contributed by atoms with Gasteiger partial charge in [0.2, 0.25) is 0 Å². The standard InChI is InChI=1S/C22H30N4S2/c1-5-10-26-17(3)20-18-8-6-7-9-19(18)28-21(20)23-22(26)27-15-16(2)25-13-11-24(4)12-14-25/h5H,1-3,6-15H2,4H3. The predicted octanol–water partition coefficient (Wildman–Crippen LogP) is 4.58. The fourth-order valence-electron chi connectivity index (χ4n) is 4.11. The number of fused-ring (bicyclic) bond motifs is 3. The zero-order valence-electron chi connectivity index (χ0n) is 16.9. The second-order valence-electron chi connectivity index (χ2n) is 7.78. The number of hydrogen-bond donors (Lipinski definition) is 0. The molecule has 1 aromatic rings. The Bertz CT molecular complexity index is 815. The molecular formula is C22H30N4S2. The van der Waals surface area contributed by atoms with Crippen LogP contribution < -0.4 is 0 Å². The van der Waals surface area contributed by atoms with Gasteiger partial charge in [-0.3, -0.25) is 0 Å². The molecule has 0 spiro atoms. The summed E-state index contributed by atoms with van der Waals surface area (Å²) in [6.07, 6.45) is 6.88. The Balaban J connectivity index is 1.52. The molecule has 0 atom stereocenters. The van der Waals surface area contributed by atoms with Crippen LogP contribution in [0.15, 0.2) is 36.5 Å².